The van der Waals surface area contributed by atoms with Gasteiger partial charge >= 0.3 is 0 Å². The molecule has 2 heterocycles. The molecule has 2 aromatic carbocycles. The van der Waals surface area contributed by atoms with Crippen LogP contribution < -0.4 is 10.9 Å². The van der Waals surface area contributed by atoms with Gasteiger partial charge in [0.05, 0.1) is 5.39 Å². The van der Waals surface area contributed by atoms with Gasteiger partial charge in [-0.15, -0.1) is 11.3 Å². The van der Waals surface area contributed by atoms with Gasteiger partial charge in [0.1, 0.15) is 16.7 Å². The summed E-state index contributed by atoms with van der Waals surface area (Å²) in [6.45, 7) is 5.58. The van der Waals surface area contributed by atoms with Gasteiger partial charge in [-0.1, -0.05) is 49.4 Å². The molecule has 4 aromatic rings. The summed E-state index contributed by atoms with van der Waals surface area (Å²) in [6.07, 6.45) is 0.941. The van der Waals surface area contributed by atoms with Crippen molar-refractivity contribution in [2.24, 2.45) is 0 Å². The van der Waals surface area contributed by atoms with Crippen molar-refractivity contribution in [3.05, 3.63) is 82.4 Å². The minimum absolute atomic E-state index is 0.195. The molecule has 1 amide bonds. The van der Waals surface area contributed by atoms with Gasteiger partial charge in [0.2, 0.25) is 5.91 Å². The van der Waals surface area contributed by atoms with E-state index in [1.165, 1.54) is 21.5 Å². The highest BCUT2D eigenvalue weighted by Gasteiger charge is 2.21. The van der Waals surface area contributed by atoms with Crippen molar-refractivity contribution in [3.8, 4) is 10.4 Å². The number of nitrogens with one attached hydrogen (secondary N) is 1. The Balaban J connectivity index is 1.67. The summed E-state index contributed by atoms with van der Waals surface area (Å²) < 4.78 is 1.47. The Labute approximate surface area is 179 Å². The lowest BCUT2D eigenvalue weighted by Gasteiger charge is -2.17. The lowest BCUT2D eigenvalue weighted by atomic mass is 10.1. The van der Waals surface area contributed by atoms with Crippen LogP contribution in [0.5, 0.6) is 0 Å². The quantitative estimate of drug-likeness (QED) is 0.486. The third-order valence-electron chi connectivity index (χ3n) is 5.23. The first-order valence-corrected chi connectivity index (χ1v) is 10.8. The zero-order valence-electron chi connectivity index (χ0n) is 17.2. The van der Waals surface area contributed by atoms with Gasteiger partial charge in [0.15, 0.2) is 0 Å². The van der Waals surface area contributed by atoms with E-state index in [9.17, 15) is 9.59 Å². The van der Waals surface area contributed by atoms with Crippen molar-refractivity contribution < 1.29 is 4.79 Å². The number of carbonyl (C=O) groups is 1. The third-order valence-corrected chi connectivity index (χ3v) is 6.31. The fourth-order valence-electron chi connectivity index (χ4n) is 3.48. The van der Waals surface area contributed by atoms with Crippen LogP contribution in [0.25, 0.3) is 20.7 Å². The molecule has 0 saturated heterocycles. The lowest BCUT2D eigenvalue weighted by Crippen LogP contribution is -2.33. The Morgan fingerprint density at radius 2 is 1.83 bits per heavy atom. The average molecular weight is 418 g/mol. The molecule has 5 nitrogen and oxygen atoms in total. The molecular weight excluding hydrogens is 394 g/mol. The summed E-state index contributed by atoms with van der Waals surface area (Å²) >= 11 is 1.49. The maximum atomic E-state index is 13.2. The van der Waals surface area contributed by atoms with E-state index >= 15 is 0 Å². The van der Waals surface area contributed by atoms with E-state index in [0.717, 1.165) is 16.9 Å². The smallest absolute Gasteiger partial charge is 0.263 e. The Morgan fingerprint density at radius 3 is 2.50 bits per heavy atom. The van der Waals surface area contributed by atoms with Crippen LogP contribution in [-0.4, -0.2) is 15.5 Å². The second kappa shape index (κ2) is 8.24. The topological polar surface area (TPSA) is 64.0 Å². The number of carbonyl (C=O) groups excluding carboxylic acids is 1. The molecule has 0 fully saturated rings. The van der Waals surface area contributed by atoms with Crippen molar-refractivity contribution >= 4 is 33.1 Å². The summed E-state index contributed by atoms with van der Waals surface area (Å²) in [7, 11) is 0. The highest BCUT2D eigenvalue weighted by atomic mass is 32.1. The van der Waals surface area contributed by atoms with Crippen LogP contribution in [0.2, 0.25) is 0 Å². The first-order valence-electron chi connectivity index (χ1n) is 9.96. The Kier molecular flexibility index (Phi) is 5.50. The molecule has 1 atom stereocenters. The summed E-state index contributed by atoms with van der Waals surface area (Å²) in [5, 5.41) is 3.44. The normalized spacial score (nSPS) is 12.1. The number of rotatable bonds is 5. The van der Waals surface area contributed by atoms with Gasteiger partial charge in [-0.3, -0.25) is 14.2 Å². The van der Waals surface area contributed by atoms with E-state index in [4.69, 9.17) is 0 Å². The van der Waals surface area contributed by atoms with Gasteiger partial charge in [-0.25, -0.2) is 4.98 Å². The van der Waals surface area contributed by atoms with Crippen LogP contribution in [-0.2, 0) is 11.2 Å². The molecule has 0 radical (unpaired) electrons. The molecule has 0 aliphatic heterocycles. The largest absolute Gasteiger partial charge is 0.324 e. The van der Waals surface area contributed by atoms with Gasteiger partial charge in [0.25, 0.3) is 5.56 Å². The van der Waals surface area contributed by atoms with E-state index in [1.807, 2.05) is 60.7 Å². The minimum Gasteiger partial charge on any atom is -0.324 e. The molecule has 4 rings (SSSR count). The molecule has 0 bridgehead atoms. The number of nitrogens with zero attached hydrogens (tertiary/aromatic N) is 2. The van der Waals surface area contributed by atoms with Crippen LogP contribution in [0.3, 0.4) is 0 Å². The van der Waals surface area contributed by atoms with Gasteiger partial charge in [-0.05, 0) is 49.6 Å². The van der Waals surface area contributed by atoms with Crippen LogP contribution in [0.4, 0.5) is 5.69 Å². The van der Waals surface area contributed by atoms with Crippen LogP contribution in [0.15, 0.2) is 65.5 Å². The molecule has 0 spiro atoms. The minimum atomic E-state index is -0.680. The van der Waals surface area contributed by atoms with E-state index in [-0.39, 0.29) is 11.5 Å². The molecular formula is C24H23N3O2S. The monoisotopic (exact) mass is 417 g/mol. The van der Waals surface area contributed by atoms with E-state index < -0.39 is 6.04 Å². The molecule has 152 valence electrons. The number of thiophene rings is 1. The fourth-order valence-corrected chi connectivity index (χ4v) is 4.56. The standard InChI is InChI=1S/C24H23N3O2S/c1-4-17-10-12-19(13-11-17)26-22(28)15(2)27-16(3)25-23-20(24(27)29)14-21(30-23)18-8-6-5-7-9-18/h5-15H,4H2,1-3H3,(H,26,28). The first kappa shape index (κ1) is 20.0. The molecule has 6 heteroatoms. The third kappa shape index (κ3) is 3.78. The Hall–Kier alpha value is -3.25. The molecule has 1 unspecified atom stereocenters. The van der Waals surface area contributed by atoms with Crippen LogP contribution in [0, 0.1) is 6.92 Å². The summed E-state index contributed by atoms with van der Waals surface area (Å²) in [5.41, 5.74) is 2.77. The van der Waals surface area contributed by atoms with Crippen LogP contribution >= 0.6 is 11.3 Å². The van der Waals surface area contributed by atoms with Crippen molar-refractivity contribution in [1.29, 1.82) is 0 Å². The molecule has 30 heavy (non-hydrogen) atoms. The maximum Gasteiger partial charge on any atom is 0.263 e. The predicted octanol–water partition coefficient (Wildman–Crippen LogP) is 5.20. The number of fused-ring (bicyclic) bond motifs is 1. The number of hydrogen-bond donors (Lipinski definition) is 1. The number of amides is 1. The Morgan fingerprint density at radius 1 is 1.13 bits per heavy atom. The number of hydrogen-bond acceptors (Lipinski definition) is 4. The van der Waals surface area contributed by atoms with E-state index in [0.29, 0.717) is 21.7 Å². The number of aromatic nitrogens is 2. The zero-order chi connectivity index (χ0) is 21.3. The number of aryl methyl sites for hydroxylation is 2. The molecule has 0 aliphatic carbocycles. The zero-order valence-corrected chi connectivity index (χ0v) is 18.0. The first-order chi connectivity index (χ1) is 14.5. The van der Waals surface area contributed by atoms with Crippen molar-refractivity contribution in [2.45, 2.75) is 33.2 Å². The maximum absolute atomic E-state index is 13.2. The van der Waals surface area contributed by atoms with Crippen molar-refractivity contribution in [3.63, 3.8) is 0 Å². The lowest BCUT2D eigenvalue weighted by molar-refractivity contribution is -0.118. The van der Waals surface area contributed by atoms with E-state index in [1.54, 1.807) is 13.8 Å². The number of anilines is 1. The second-order valence-electron chi connectivity index (χ2n) is 7.25. The van der Waals surface area contributed by atoms with Crippen molar-refractivity contribution in [2.75, 3.05) is 5.32 Å². The highest BCUT2D eigenvalue weighted by molar-refractivity contribution is 7.21. The summed E-state index contributed by atoms with van der Waals surface area (Å²) in [6, 6.07) is 18.8. The average Bonchev–Trinajstić information content (AvgIpc) is 3.19. The summed E-state index contributed by atoms with van der Waals surface area (Å²) in [4.78, 5) is 32.4. The summed E-state index contributed by atoms with van der Waals surface area (Å²) in [5.74, 6) is 0.280. The predicted molar refractivity (Wildman–Crippen MR) is 123 cm³/mol. The highest BCUT2D eigenvalue weighted by Crippen LogP contribution is 2.31. The fraction of sp³-hybridized carbons (Fsp3) is 0.208. The van der Waals surface area contributed by atoms with Gasteiger partial charge in [0, 0.05) is 10.6 Å². The molecule has 0 aliphatic rings. The Bertz CT molecular complexity index is 1260. The van der Waals surface area contributed by atoms with Gasteiger partial charge in [-0.2, -0.15) is 0 Å². The molecule has 2 aromatic heterocycles. The van der Waals surface area contributed by atoms with Crippen LogP contribution in [0.1, 0.15) is 31.3 Å². The number of benzene rings is 2. The molecule has 1 N–H and O–H groups in total. The van der Waals surface area contributed by atoms with E-state index in [2.05, 4.69) is 17.2 Å². The van der Waals surface area contributed by atoms with Crippen molar-refractivity contribution in [1.82, 2.24) is 9.55 Å². The van der Waals surface area contributed by atoms with Gasteiger partial charge < -0.3 is 5.32 Å². The molecule has 0 saturated carbocycles. The SMILES string of the molecule is CCc1ccc(NC(=O)C(C)n2c(C)nc3sc(-c4ccccc4)cc3c2=O)cc1. The second-order valence-corrected chi connectivity index (χ2v) is 8.28.